The first-order valence-corrected chi connectivity index (χ1v) is 16.8. The van der Waals surface area contributed by atoms with Crippen LogP contribution in [0.15, 0.2) is 35.6 Å². The lowest BCUT2D eigenvalue weighted by atomic mass is 10.0. The van der Waals surface area contributed by atoms with Crippen molar-refractivity contribution in [1.82, 2.24) is 19.2 Å². The van der Waals surface area contributed by atoms with Gasteiger partial charge in [-0.15, -0.1) is 0 Å². The summed E-state index contributed by atoms with van der Waals surface area (Å²) >= 11 is 6.28. The van der Waals surface area contributed by atoms with Gasteiger partial charge in [0.15, 0.2) is 11.6 Å². The quantitative estimate of drug-likeness (QED) is 0.126. The Bertz CT molecular complexity index is 1460. The number of unbranched alkanes of at least 4 members (excludes halogenated alkanes) is 9. The molecule has 12 nitrogen and oxygen atoms in total. The fourth-order valence-electron chi connectivity index (χ4n) is 4.81. The number of imidazole rings is 1. The van der Waals surface area contributed by atoms with E-state index >= 15 is 0 Å². The van der Waals surface area contributed by atoms with Crippen LogP contribution in [0.2, 0.25) is 5.02 Å². The molecule has 242 valence electrons. The van der Waals surface area contributed by atoms with E-state index in [1.165, 1.54) is 81.6 Å². The average molecular weight is 652 g/mol. The maximum Gasteiger partial charge on any atom is 0.418 e. The maximum atomic E-state index is 13.5. The molecule has 1 saturated heterocycles. The second-order valence-electron chi connectivity index (χ2n) is 11.5. The van der Waals surface area contributed by atoms with Crippen LogP contribution in [0.5, 0.6) is 0 Å². The Kier molecular flexibility index (Phi) is 12.5. The molecule has 2 N–H and O–H groups in total. The Morgan fingerprint density at radius 3 is 2.18 bits per heavy atom. The molecule has 1 aromatic carbocycles. The van der Waals surface area contributed by atoms with Crippen LogP contribution in [0.1, 0.15) is 95.5 Å². The molecule has 1 aliphatic rings. The number of nitrogens with zero attached hydrogens (tertiary/aromatic N) is 3. The van der Waals surface area contributed by atoms with Crippen molar-refractivity contribution in [2.24, 2.45) is 7.05 Å². The SMILES string of the molecule is CCCCCCCCCCCCNS(=O)(=O)c1ccc(Cl)c(NC(=O)C(C(=O)c2cn(C)cn2)N2C(=O)OC(C)(C)C2=O)c1. The highest BCUT2D eigenvalue weighted by Gasteiger charge is 2.54. The van der Waals surface area contributed by atoms with Crippen LogP contribution >= 0.6 is 11.6 Å². The summed E-state index contributed by atoms with van der Waals surface area (Å²) in [5.41, 5.74) is -1.90. The Labute approximate surface area is 263 Å². The number of cyclic esters (lactones) is 1. The summed E-state index contributed by atoms with van der Waals surface area (Å²) in [6.07, 6.45) is 12.7. The average Bonchev–Trinajstić information content (AvgIpc) is 3.48. The first kappa shape index (κ1) is 35.2. The Morgan fingerprint density at radius 2 is 1.64 bits per heavy atom. The summed E-state index contributed by atoms with van der Waals surface area (Å²) in [7, 11) is -2.34. The van der Waals surface area contributed by atoms with Gasteiger partial charge in [0.1, 0.15) is 5.69 Å². The third-order valence-electron chi connectivity index (χ3n) is 7.31. The van der Waals surface area contributed by atoms with Gasteiger partial charge in [-0.2, -0.15) is 0 Å². The van der Waals surface area contributed by atoms with Crippen molar-refractivity contribution in [1.29, 1.82) is 0 Å². The van der Waals surface area contributed by atoms with E-state index in [0.29, 0.717) is 11.3 Å². The van der Waals surface area contributed by atoms with E-state index in [1.807, 2.05) is 0 Å². The molecule has 0 aliphatic carbocycles. The first-order valence-electron chi connectivity index (χ1n) is 15.0. The van der Waals surface area contributed by atoms with Gasteiger partial charge in [0.25, 0.3) is 11.8 Å². The van der Waals surface area contributed by atoms with Gasteiger partial charge in [-0.1, -0.05) is 76.3 Å². The topological polar surface area (TPSA) is 157 Å². The zero-order valence-corrected chi connectivity index (χ0v) is 27.3. The van der Waals surface area contributed by atoms with E-state index in [4.69, 9.17) is 16.3 Å². The largest absolute Gasteiger partial charge is 0.433 e. The maximum absolute atomic E-state index is 13.5. The number of carbonyl (C=O) groups is 4. The van der Waals surface area contributed by atoms with E-state index in [9.17, 15) is 27.6 Å². The summed E-state index contributed by atoms with van der Waals surface area (Å²) in [4.78, 5) is 56.8. The number of amides is 3. The molecule has 0 spiro atoms. The second-order valence-corrected chi connectivity index (χ2v) is 13.6. The highest BCUT2D eigenvalue weighted by molar-refractivity contribution is 7.89. The van der Waals surface area contributed by atoms with E-state index in [-0.39, 0.29) is 27.8 Å². The number of carbonyl (C=O) groups excluding carboxylic acids is 4. The summed E-state index contributed by atoms with van der Waals surface area (Å²) < 4.78 is 35.1. The number of Topliss-reactive ketones (excluding diaryl/α,β-unsaturated/α-hetero) is 1. The highest BCUT2D eigenvalue weighted by atomic mass is 35.5. The van der Waals surface area contributed by atoms with Crippen molar-refractivity contribution in [2.75, 3.05) is 11.9 Å². The van der Waals surface area contributed by atoms with Crippen LogP contribution in [-0.2, 0) is 31.4 Å². The molecule has 1 aromatic heterocycles. The Balaban J connectivity index is 1.67. The number of anilines is 1. The molecule has 0 radical (unpaired) electrons. The predicted octanol–water partition coefficient (Wildman–Crippen LogP) is 5.22. The minimum atomic E-state index is -3.95. The van der Waals surface area contributed by atoms with Crippen molar-refractivity contribution in [3.63, 3.8) is 0 Å². The second kappa shape index (κ2) is 15.6. The lowest BCUT2D eigenvalue weighted by Gasteiger charge is -2.22. The highest BCUT2D eigenvalue weighted by Crippen LogP contribution is 2.29. The first-order chi connectivity index (χ1) is 20.8. The van der Waals surface area contributed by atoms with Crippen LogP contribution in [0.3, 0.4) is 0 Å². The molecule has 1 fully saturated rings. The molecular formula is C30H42ClN5O7S. The summed E-state index contributed by atoms with van der Waals surface area (Å²) in [6.45, 7) is 5.12. The number of benzene rings is 1. The van der Waals surface area contributed by atoms with Gasteiger partial charge >= 0.3 is 6.09 Å². The van der Waals surface area contributed by atoms with Crippen LogP contribution in [0, 0.1) is 0 Å². The number of hydrogen-bond acceptors (Lipinski definition) is 8. The fraction of sp³-hybridized carbons (Fsp3) is 0.567. The molecular weight excluding hydrogens is 610 g/mol. The number of halogens is 1. The van der Waals surface area contributed by atoms with E-state index in [1.54, 1.807) is 7.05 Å². The van der Waals surface area contributed by atoms with Crippen molar-refractivity contribution in [2.45, 2.75) is 102 Å². The van der Waals surface area contributed by atoms with Gasteiger partial charge in [-0.05, 0) is 38.5 Å². The Hall–Kier alpha value is -3.29. The van der Waals surface area contributed by atoms with E-state index in [2.05, 4.69) is 21.9 Å². The lowest BCUT2D eigenvalue weighted by molar-refractivity contribution is -0.137. The third kappa shape index (κ3) is 9.12. The van der Waals surface area contributed by atoms with Gasteiger partial charge in [0, 0.05) is 19.8 Å². The third-order valence-corrected chi connectivity index (χ3v) is 9.10. The van der Waals surface area contributed by atoms with E-state index in [0.717, 1.165) is 25.3 Å². The number of rotatable bonds is 18. The summed E-state index contributed by atoms with van der Waals surface area (Å²) in [5, 5.41) is 2.40. The molecule has 44 heavy (non-hydrogen) atoms. The van der Waals surface area contributed by atoms with E-state index < -0.39 is 45.4 Å². The van der Waals surface area contributed by atoms with Crippen LogP contribution in [0.4, 0.5) is 10.5 Å². The van der Waals surface area contributed by atoms with Crippen LogP contribution < -0.4 is 10.0 Å². The van der Waals surface area contributed by atoms with Crippen LogP contribution in [0.25, 0.3) is 0 Å². The van der Waals surface area contributed by atoms with Crippen molar-refractivity contribution in [3.8, 4) is 0 Å². The number of ketones is 1. The fourth-order valence-corrected chi connectivity index (χ4v) is 6.08. The number of sulfonamides is 1. The number of hydrogen-bond donors (Lipinski definition) is 2. The van der Waals surface area contributed by atoms with Gasteiger partial charge in [0.05, 0.1) is 21.9 Å². The molecule has 2 aromatic rings. The van der Waals surface area contributed by atoms with Gasteiger partial charge in [-0.3, -0.25) is 14.4 Å². The Morgan fingerprint density at radius 1 is 1.02 bits per heavy atom. The standard InChI is InChI=1S/C30H42ClN5O7S/c1-5-6-7-8-9-10-11-12-13-14-17-33-44(41,42)21-15-16-22(31)23(18-21)34-27(38)25(26(37)24-19-35(4)20-32-24)36-28(39)30(2,3)43-29(36)40/h15-16,18-20,25,33H,5-14,17H2,1-4H3,(H,34,38). The molecule has 0 bridgehead atoms. The molecule has 1 atom stereocenters. The molecule has 0 saturated carbocycles. The minimum Gasteiger partial charge on any atom is -0.433 e. The molecule has 1 unspecified atom stereocenters. The van der Waals surface area contributed by atoms with Crippen molar-refractivity contribution < 1.29 is 32.3 Å². The van der Waals surface area contributed by atoms with Gasteiger partial charge in [-0.25, -0.2) is 27.8 Å². The predicted molar refractivity (Wildman–Crippen MR) is 166 cm³/mol. The minimum absolute atomic E-state index is 0.0216. The smallest absolute Gasteiger partial charge is 0.418 e. The summed E-state index contributed by atoms with van der Waals surface area (Å²) in [5.74, 6) is -2.94. The van der Waals surface area contributed by atoms with Crippen molar-refractivity contribution >= 4 is 51.0 Å². The molecule has 14 heteroatoms. The number of nitrogens with one attached hydrogen (secondary N) is 2. The number of aryl methyl sites for hydroxylation is 1. The zero-order chi connectivity index (χ0) is 32.5. The molecule has 3 rings (SSSR count). The number of imide groups is 1. The van der Waals surface area contributed by atoms with Crippen molar-refractivity contribution in [3.05, 3.63) is 41.4 Å². The normalized spacial score (nSPS) is 15.3. The number of ether oxygens (including phenoxy) is 1. The molecule has 2 heterocycles. The lowest BCUT2D eigenvalue weighted by Crippen LogP contribution is -2.53. The zero-order valence-electron chi connectivity index (χ0n) is 25.7. The monoisotopic (exact) mass is 651 g/mol. The molecule has 1 aliphatic heterocycles. The van der Waals surface area contributed by atoms with Gasteiger partial charge < -0.3 is 14.6 Å². The summed E-state index contributed by atoms with van der Waals surface area (Å²) in [6, 6.07) is 1.74. The number of aromatic nitrogens is 2. The van der Waals surface area contributed by atoms with Crippen LogP contribution in [-0.4, -0.2) is 64.7 Å². The molecule has 3 amide bonds. The van der Waals surface area contributed by atoms with Gasteiger partial charge in [0.2, 0.25) is 15.8 Å².